The van der Waals surface area contributed by atoms with Crippen LogP contribution in [-0.2, 0) is 0 Å². The summed E-state index contributed by atoms with van der Waals surface area (Å²) >= 11 is 0. The smallest absolute Gasteiger partial charge is 0.0320 e. The van der Waals surface area contributed by atoms with E-state index in [2.05, 4.69) is 60.7 Å². The lowest BCUT2D eigenvalue weighted by molar-refractivity contribution is 1.60. The first-order chi connectivity index (χ1) is 12.7. The van der Waals surface area contributed by atoms with E-state index in [9.17, 15) is 0 Å². The van der Waals surface area contributed by atoms with Crippen molar-refractivity contribution in [2.75, 3.05) is 11.5 Å². The quantitative estimate of drug-likeness (QED) is 0.365. The van der Waals surface area contributed by atoms with Gasteiger partial charge in [0.05, 0.1) is 0 Å². The van der Waals surface area contributed by atoms with E-state index in [0.717, 1.165) is 33.6 Å². The summed E-state index contributed by atoms with van der Waals surface area (Å²) in [5.74, 6) is 0. The second-order valence-electron chi connectivity index (χ2n) is 6.41. The van der Waals surface area contributed by atoms with Gasteiger partial charge in [0.1, 0.15) is 0 Å². The first-order valence-corrected chi connectivity index (χ1v) is 8.61. The number of anilines is 2. The Hall–Kier alpha value is -3.52. The maximum absolute atomic E-state index is 6.06. The molecule has 0 bridgehead atoms. The second-order valence-corrected chi connectivity index (χ2v) is 6.41. The van der Waals surface area contributed by atoms with E-state index in [1.807, 2.05) is 36.4 Å². The number of benzene rings is 4. The minimum atomic E-state index is 0.762. The molecule has 26 heavy (non-hydrogen) atoms. The van der Waals surface area contributed by atoms with Crippen LogP contribution < -0.4 is 11.5 Å². The van der Waals surface area contributed by atoms with Crippen molar-refractivity contribution in [2.45, 2.75) is 0 Å². The van der Waals surface area contributed by atoms with Gasteiger partial charge in [-0.05, 0) is 63.4 Å². The highest BCUT2D eigenvalue weighted by Crippen LogP contribution is 2.30. The van der Waals surface area contributed by atoms with Gasteiger partial charge in [-0.25, -0.2) is 0 Å². The summed E-state index contributed by atoms with van der Waals surface area (Å²) in [6.07, 6.45) is 4.21. The van der Waals surface area contributed by atoms with E-state index in [-0.39, 0.29) is 0 Å². The molecule has 0 amide bonds. The van der Waals surface area contributed by atoms with Gasteiger partial charge in [-0.2, -0.15) is 0 Å². The number of fused-ring (bicyclic) bond motifs is 1. The third kappa shape index (κ3) is 3.31. The van der Waals surface area contributed by atoms with Gasteiger partial charge in [-0.3, -0.25) is 0 Å². The number of hydrogen-bond donors (Lipinski definition) is 2. The summed E-state index contributed by atoms with van der Waals surface area (Å²) in [4.78, 5) is 0. The summed E-state index contributed by atoms with van der Waals surface area (Å²) in [6.45, 7) is 0. The number of rotatable bonds is 3. The number of nitrogens with two attached hydrogens (primary N) is 2. The molecule has 126 valence electrons. The lowest BCUT2D eigenvalue weighted by atomic mass is 9.96. The Morgan fingerprint density at radius 1 is 0.577 bits per heavy atom. The molecule has 0 atom stereocenters. The molecule has 4 aromatic carbocycles. The summed E-state index contributed by atoms with van der Waals surface area (Å²) < 4.78 is 0. The van der Waals surface area contributed by atoms with Crippen LogP contribution in [0.1, 0.15) is 11.1 Å². The van der Waals surface area contributed by atoms with E-state index < -0.39 is 0 Å². The highest BCUT2D eigenvalue weighted by molar-refractivity contribution is 5.90. The molecule has 2 nitrogen and oxygen atoms in total. The normalized spacial score (nSPS) is 11.2. The maximum atomic E-state index is 6.06. The molecule has 0 aliphatic heterocycles. The Bertz CT molecular complexity index is 1090. The van der Waals surface area contributed by atoms with Crippen LogP contribution in [0.4, 0.5) is 11.4 Å². The number of hydrogen-bond acceptors (Lipinski definition) is 2. The van der Waals surface area contributed by atoms with E-state index in [4.69, 9.17) is 11.5 Å². The van der Waals surface area contributed by atoms with Crippen LogP contribution in [-0.4, -0.2) is 0 Å². The fourth-order valence-electron chi connectivity index (χ4n) is 3.12. The van der Waals surface area contributed by atoms with Gasteiger partial charge in [0, 0.05) is 11.4 Å². The van der Waals surface area contributed by atoms with E-state index in [1.165, 1.54) is 10.8 Å². The van der Waals surface area contributed by atoms with Crippen LogP contribution in [0.5, 0.6) is 0 Å². The third-order valence-electron chi connectivity index (χ3n) is 4.53. The minimum Gasteiger partial charge on any atom is -0.399 e. The topological polar surface area (TPSA) is 52.0 Å². The van der Waals surface area contributed by atoms with Crippen LogP contribution in [0.15, 0.2) is 84.9 Å². The Balaban J connectivity index is 1.77. The highest BCUT2D eigenvalue weighted by atomic mass is 14.5. The van der Waals surface area contributed by atoms with Crippen LogP contribution >= 0.6 is 0 Å². The second kappa shape index (κ2) is 6.77. The van der Waals surface area contributed by atoms with Gasteiger partial charge in [-0.1, -0.05) is 66.7 Å². The molecule has 0 spiro atoms. The highest BCUT2D eigenvalue weighted by Gasteiger charge is 2.05. The monoisotopic (exact) mass is 336 g/mol. The zero-order chi connectivity index (χ0) is 17.9. The molecule has 0 heterocycles. The molecule has 0 aromatic heterocycles. The average Bonchev–Trinajstić information content (AvgIpc) is 2.68. The standard InChI is InChI=1S/C24H20N2/c25-22-12-6-17(7-13-22)5-8-19-11-14-23(26)16-24(19)21-10-9-18-3-1-2-4-20(18)15-21/h1-16H,25-26H2. The zero-order valence-electron chi connectivity index (χ0n) is 14.4. The van der Waals surface area contributed by atoms with Crippen molar-refractivity contribution < 1.29 is 0 Å². The largest absolute Gasteiger partial charge is 0.399 e. The molecular formula is C24H20N2. The number of nitrogen functional groups attached to an aromatic ring is 2. The fraction of sp³-hybridized carbons (Fsp3) is 0. The van der Waals surface area contributed by atoms with Crippen molar-refractivity contribution >= 4 is 34.3 Å². The predicted octanol–water partition coefficient (Wildman–Crippen LogP) is 5.84. The molecule has 0 unspecified atom stereocenters. The molecule has 0 fully saturated rings. The van der Waals surface area contributed by atoms with E-state index in [0.29, 0.717) is 0 Å². The van der Waals surface area contributed by atoms with Crippen molar-refractivity contribution in [3.05, 3.63) is 96.1 Å². The summed E-state index contributed by atoms with van der Waals surface area (Å²) in [5, 5.41) is 2.46. The third-order valence-corrected chi connectivity index (χ3v) is 4.53. The Labute approximate surface area is 153 Å². The Morgan fingerprint density at radius 2 is 1.31 bits per heavy atom. The van der Waals surface area contributed by atoms with Gasteiger partial charge in [0.25, 0.3) is 0 Å². The maximum Gasteiger partial charge on any atom is 0.0320 e. The van der Waals surface area contributed by atoms with E-state index in [1.54, 1.807) is 0 Å². The van der Waals surface area contributed by atoms with Crippen LogP contribution in [0.25, 0.3) is 34.1 Å². The summed E-state index contributed by atoms with van der Waals surface area (Å²) in [7, 11) is 0. The van der Waals surface area contributed by atoms with Crippen molar-refractivity contribution in [3.8, 4) is 11.1 Å². The molecule has 0 radical (unpaired) electrons. The van der Waals surface area contributed by atoms with Crippen LogP contribution in [0.2, 0.25) is 0 Å². The molecule has 4 aromatic rings. The van der Waals surface area contributed by atoms with Crippen LogP contribution in [0.3, 0.4) is 0 Å². The molecule has 0 saturated carbocycles. The van der Waals surface area contributed by atoms with Crippen molar-refractivity contribution in [3.63, 3.8) is 0 Å². The van der Waals surface area contributed by atoms with Crippen molar-refractivity contribution in [1.82, 2.24) is 0 Å². The lowest BCUT2D eigenvalue weighted by Crippen LogP contribution is -1.89. The minimum absolute atomic E-state index is 0.762. The van der Waals surface area contributed by atoms with Gasteiger partial charge < -0.3 is 11.5 Å². The van der Waals surface area contributed by atoms with E-state index >= 15 is 0 Å². The van der Waals surface area contributed by atoms with Gasteiger partial charge in [0.2, 0.25) is 0 Å². The van der Waals surface area contributed by atoms with Crippen molar-refractivity contribution in [1.29, 1.82) is 0 Å². The van der Waals surface area contributed by atoms with Crippen LogP contribution in [0, 0.1) is 0 Å². The first-order valence-electron chi connectivity index (χ1n) is 8.61. The van der Waals surface area contributed by atoms with Crippen molar-refractivity contribution in [2.24, 2.45) is 0 Å². The lowest BCUT2D eigenvalue weighted by Gasteiger charge is -2.09. The first kappa shape index (κ1) is 16.0. The van der Waals surface area contributed by atoms with Gasteiger partial charge >= 0.3 is 0 Å². The molecule has 2 heteroatoms. The molecule has 0 aliphatic rings. The molecule has 0 aliphatic carbocycles. The molecule has 4 rings (SSSR count). The average molecular weight is 336 g/mol. The Kier molecular flexibility index (Phi) is 4.16. The predicted molar refractivity (Wildman–Crippen MR) is 114 cm³/mol. The summed E-state index contributed by atoms with van der Waals surface area (Å²) in [5.41, 5.74) is 17.9. The van der Waals surface area contributed by atoms with Gasteiger partial charge in [0.15, 0.2) is 0 Å². The molecule has 4 N–H and O–H groups in total. The SMILES string of the molecule is Nc1ccc(C=Cc2ccc(N)cc2-c2ccc3ccccc3c2)cc1. The zero-order valence-corrected chi connectivity index (χ0v) is 14.4. The molecular weight excluding hydrogens is 316 g/mol. The fourth-order valence-corrected chi connectivity index (χ4v) is 3.12. The molecule has 0 saturated heterocycles. The summed E-state index contributed by atoms with van der Waals surface area (Å²) in [6, 6.07) is 28.8. The Morgan fingerprint density at radius 3 is 2.12 bits per heavy atom. The van der Waals surface area contributed by atoms with Gasteiger partial charge in [-0.15, -0.1) is 0 Å².